The van der Waals surface area contributed by atoms with Crippen molar-refractivity contribution in [3.05, 3.63) is 20.8 Å². The minimum absolute atomic E-state index is 0.0954. The van der Waals surface area contributed by atoms with Gasteiger partial charge in [0.05, 0.1) is 10.5 Å². The van der Waals surface area contributed by atoms with Crippen molar-refractivity contribution in [3.63, 3.8) is 0 Å². The Kier molecular flexibility index (Phi) is 4.07. The van der Waals surface area contributed by atoms with Gasteiger partial charge in [-0.25, -0.2) is 22.2 Å². The molecule has 0 amide bonds. The van der Waals surface area contributed by atoms with Gasteiger partial charge < -0.3 is 0 Å². The monoisotopic (exact) mass is 383 g/mol. The van der Waals surface area contributed by atoms with E-state index in [0.29, 0.717) is 0 Å². The molecule has 0 spiro atoms. The standard InChI is InChI=1S/C6H2Br2ClF2NO2S/c7-3-1-2(15(9,13)14)4(6(10)11)5(8)12-3/h1,6H. The van der Waals surface area contributed by atoms with Crippen LogP contribution in [0.5, 0.6) is 0 Å². The van der Waals surface area contributed by atoms with E-state index in [1.807, 2.05) is 0 Å². The van der Waals surface area contributed by atoms with Crippen molar-refractivity contribution in [2.24, 2.45) is 0 Å². The van der Waals surface area contributed by atoms with E-state index in [0.717, 1.165) is 6.07 Å². The Bertz CT molecular complexity index is 494. The SMILES string of the molecule is O=S(=O)(Cl)c1cc(Br)nc(Br)c1C(F)F. The molecule has 0 radical (unpaired) electrons. The van der Waals surface area contributed by atoms with Crippen molar-refractivity contribution in [1.82, 2.24) is 4.98 Å². The normalized spacial score (nSPS) is 12.1. The summed E-state index contributed by atoms with van der Waals surface area (Å²) in [5, 5.41) is 0. The molecular weight excluding hydrogens is 383 g/mol. The van der Waals surface area contributed by atoms with Gasteiger partial charge in [0.2, 0.25) is 0 Å². The highest BCUT2D eigenvalue weighted by Gasteiger charge is 2.26. The molecule has 0 aliphatic carbocycles. The number of nitrogens with zero attached hydrogens (tertiary/aromatic N) is 1. The number of pyridine rings is 1. The van der Waals surface area contributed by atoms with E-state index in [4.69, 9.17) is 10.7 Å². The zero-order chi connectivity index (χ0) is 11.8. The molecule has 1 aromatic rings. The minimum atomic E-state index is -4.23. The molecule has 0 fully saturated rings. The first-order valence-electron chi connectivity index (χ1n) is 3.32. The number of alkyl halides is 2. The Labute approximate surface area is 106 Å². The predicted molar refractivity (Wildman–Crippen MR) is 57.6 cm³/mol. The molecule has 15 heavy (non-hydrogen) atoms. The van der Waals surface area contributed by atoms with Crippen LogP contribution in [0.2, 0.25) is 0 Å². The van der Waals surface area contributed by atoms with Gasteiger partial charge in [0, 0.05) is 10.7 Å². The van der Waals surface area contributed by atoms with Crippen molar-refractivity contribution in [1.29, 1.82) is 0 Å². The highest BCUT2D eigenvalue weighted by Crippen LogP contribution is 2.35. The zero-order valence-corrected chi connectivity index (χ0v) is 11.5. The molecule has 1 aromatic heterocycles. The van der Waals surface area contributed by atoms with E-state index >= 15 is 0 Å². The molecule has 0 bridgehead atoms. The third-order valence-corrected chi connectivity index (χ3v) is 3.80. The van der Waals surface area contributed by atoms with Crippen molar-refractivity contribution >= 4 is 51.6 Å². The quantitative estimate of drug-likeness (QED) is 0.579. The lowest BCUT2D eigenvalue weighted by atomic mass is 10.3. The Morgan fingerprint density at radius 2 is 1.93 bits per heavy atom. The van der Waals surface area contributed by atoms with Crippen LogP contribution in [-0.2, 0) is 9.05 Å². The summed E-state index contributed by atoms with van der Waals surface area (Å²) in [6, 6.07) is 0.925. The Morgan fingerprint density at radius 1 is 1.40 bits per heavy atom. The van der Waals surface area contributed by atoms with Gasteiger partial charge in [-0.05, 0) is 37.9 Å². The molecule has 84 valence electrons. The summed E-state index contributed by atoms with van der Waals surface area (Å²) in [7, 11) is 0.790. The number of hydrogen-bond donors (Lipinski definition) is 0. The summed E-state index contributed by atoms with van der Waals surface area (Å²) in [5.41, 5.74) is -0.742. The van der Waals surface area contributed by atoms with Gasteiger partial charge >= 0.3 is 0 Å². The second-order valence-corrected chi connectivity index (χ2v) is 6.48. The van der Waals surface area contributed by atoms with E-state index in [2.05, 4.69) is 36.8 Å². The summed E-state index contributed by atoms with van der Waals surface area (Å²) >= 11 is 5.63. The molecule has 0 N–H and O–H groups in total. The van der Waals surface area contributed by atoms with Crippen molar-refractivity contribution in [2.75, 3.05) is 0 Å². The second-order valence-electron chi connectivity index (χ2n) is 2.39. The van der Waals surface area contributed by atoms with Crippen LogP contribution in [0, 0.1) is 0 Å². The fourth-order valence-corrected chi connectivity index (χ4v) is 3.46. The molecule has 0 aliphatic rings. The van der Waals surface area contributed by atoms with Crippen LogP contribution >= 0.6 is 42.5 Å². The maximum Gasteiger partial charge on any atom is 0.267 e. The Hall–Kier alpha value is 0.210. The van der Waals surface area contributed by atoms with Gasteiger partial charge in [-0.15, -0.1) is 0 Å². The molecule has 1 rings (SSSR count). The minimum Gasteiger partial charge on any atom is -0.233 e. The smallest absolute Gasteiger partial charge is 0.233 e. The van der Waals surface area contributed by atoms with E-state index in [-0.39, 0.29) is 9.21 Å². The van der Waals surface area contributed by atoms with Crippen molar-refractivity contribution in [3.8, 4) is 0 Å². The van der Waals surface area contributed by atoms with Gasteiger partial charge in [-0.3, -0.25) is 0 Å². The lowest BCUT2D eigenvalue weighted by Gasteiger charge is -2.07. The van der Waals surface area contributed by atoms with E-state index < -0.39 is 25.9 Å². The molecule has 3 nitrogen and oxygen atoms in total. The molecule has 0 aromatic carbocycles. The van der Waals surface area contributed by atoms with Crippen molar-refractivity contribution < 1.29 is 17.2 Å². The summed E-state index contributed by atoms with van der Waals surface area (Å²) < 4.78 is 47.0. The molecule has 9 heteroatoms. The molecule has 0 saturated carbocycles. The summed E-state index contributed by atoms with van der Waals surface area (Å²) in [4.78, 5) is 2.94. The van der Waals surface area contributed by atoms with Gasteiger partial charge in [-0.2, -0.15) is 0 Å². The first-order valence-corrected chi connectivity index (χ1v) is 7.21. The molecule has 0 saturated heterocycles. The van der Waals surface area contributed by atoms with Crippen LogP contribution in [0.3, 0.4) is 0 Å². The van der Waals surface area contributed by atoms with Gasteiger partial charge in [0.25, 0.3) is 15.5 Å². The summed E-state index contributed by atoms with van der Waals surface area (Å²) in [6.45, 7) is 0. The summed E-state index contributed by atoms with van der Waals surface area (Å²) in [5.74, 6) is 0. The molecular formula is C6H2Br2ClF2NO2S. The second kappa shape index (κ2) is 4.60. The highest BCUT2D eigenvalue weighted by atomic mass is 79.9. The third-order valence-electron chi connectivity index (χ3n) is 1.42. The zero-order valence-electron chi connectivity index (χ0n) is 6.72. The molecule has 0 unspecified atom stereocenters. The first-order chi connectivity index (χ1) is 6.73. The highest BCUT2D eigenvalue weighted by molar-refractivity contribution is 9.11. The third kappa shape index (κ3) is 3.08. The lowest BCUT2D eigenvalue weighted by Crippen LogP contribution is -2.02. The van der Waals surface area contributed by atoms with Crippen LogP contribution < -0.4 is 0 Å². The number of hydrogen-bond acceptors (Lipinski definition) is 3. The van der Waals surface area contributed by atoms with Crippen LogP contribution in [0.15, 0.2) is 20.2 Å². The average molecular weight is 385 g/mol. The van der Waals surface area contributed by atoms with Crippen LogP contribution in [0.4, 0.5) is 8.78 Å². The van der Waals surface area contributed by atoms with Crippen molar-refractivity contribution in [2.45, 2.75) is 11.3 Å². The Balaban J connectivity index is 3.62. The fraction of sp³-hybridized carbons (Fsp3) is 0.167. The molecule has 1 heterocycles. The largest absolute Gasteiger partial charge is 0.267 e. The molecule has 0 aliphatic heterocycles. The van der Waals surface area contributed by atoms with Crippen LogP contribution in [0.25, 0.3) is 0 Å². The fourth-order valence-electron chi connectivity index (χ4n) is 0.873. The van der Waals surface area contributed by atoms with Gasteiger partial charge in [0.15, 0.2) is 0 Å². The number of rotatable bonds is 2. The van der Waals surface area contributed by atoms with E-state index in [9.17, 15) is 17.2 Å². The van der Waals surface area contributed by atoms with Crippen LogP contribution in [0.1, 0.15) is 12.0 Å². The molecule has 0 atom stereocenters. The average Bonchev–Trinajstić information content (AvgIpc) is 1.99. The van der Waals surface area contributed by atoms with Gasteiger partial charge in [-0.1, -0.05) is 0 Å². The lowest BCUT2D eigenvalue weighted by molar-refractivity contribution is 0.146. The number of aromatic nitrogens is 1. The number of halogens is 5. The predicted octanol–water partition coefficient (Wildman–Crippen LogP) is 3.47. The van der Waals surface area contributed by atoms with Crippen LogP contribution in [-0.4, -0.2) is 13.4 Å². The van der Waals surface area contributed by atoms with E-state index in [1.165, 1.54) is 0 Å². The topological polar surface area (TPSA) is 47.0 Å². The summed E-state index contributed by atoms with van der Waals surface area (Å²) in [6.07, 6.45) is -2.98. The first kappa shape index (κ1) is 13.3. The van der Waals surface area contributed by atoms with E-state index in [1.54, 1.807) is 0 Å². The maximum atomic E-state index is 12.5. The van der Waals surface area contributed by atoms with Gasteiger partial charge in [0.1, 0.15) is 9.21 Å². The Morgan fingerprint density at radius 3 is 2.33 bits per heavy atom. The maximum absolute atomic E-state index is 12.5.